The van der Waals surface area contributed by atoms with Gasteiger partial charge in [0, 0.05) is 35.8 Å². The van der Waals surface area contributed by atoms with E-state index in [0.29, 0.717) is 28.5 Å². The minimum absolute atomic E-state index is 0.0897. The first-order valence-corrected chi connectivity index (χ1v) is 18.0. The number of carbonyl (C=O) groups is 1. The molecule has 3 aliphatic rings. The zero-order chi connectivity index (χ0) is 34.2. The predicted octanol–water partition coefficient (Wildman–Crippen LogP) is 9.77. The van der Waals surface area contributed by atoms with Crippen LogP contribution in [0.25, 0.3) is 11.3 Å². The molecule has 1 aromatic carbocycles. The highest BCUT2D eigenvalue weighted by Crippen LogP contribution is 2.46. The molecule has 3 atom stereocenters. The molecule has 0 radical (unpaired) electrons. The summed E-state index contributed by atoms with van der Waals surface area (Å²) in [5.41, 5.74) is 1.74. The van der Waals surface area contributed by atoms with Crippen LogP contribution in [0.1, 0.15) is 124 Å². The molecule has 1 saturated heterocycles. The van der Waals surface area contributed by atoms with Crippen LogP contribution in [0.4, 0.5) is 19.0 Å². The third-order valence-corrected chi connectivity index (χ3v) is 10.3. The van der Waals surface area contributed by atoms with Gasteiger partial charge in [-0.1, -0.05) is 68.7 Å². The summed E-state index contributed by atoms with van der Waals surface area (Å²) >= 11 is 0. The molecule has 0 N–H and O–H groups in total. The quantitative estimate of drug-likeness (QED) is 0.217. The number of rotatable bonds is 8. The molecular formula is C38H48F3N3O5. The van der Waals surface area contributed by atoms with Crippen molar-refractivity contribution in [1.82, 2.24) is 10.1 Å². The summed E-state index contributed by atoms with van der Waals surface area (Å²) in [6.07, 6.45) is 13.2. The highest BCUT2D eigenvalue weighted by atomic mass is 19.4. The monoisotopic (exact) mass is 683 g/mol. The molecule has 3 unspecified atom stereocenters. The number of aromatic nitrogens is 2. The van der Waals surface area contributed by atoms with E-state index in [1.807, 2.05) is 6.07 Å². The van der Waals surface area contributed by atoms with Crippen molar-refractivity contribution in [2.24, 2.45) is 5.92 Å². The van der Waals surface area contributed by atoms with Crippen LogP contribution in [0.2, 0.25) is 0 Å². The van der Waals surface area contributed by atoms with Crippen LogP contribution >= 0.6 is 0 Å². The van der Waals surface area contributed by atoms with E-state index in [9.17, 15) is 18.0 Å². The Morgan fingerprint density at radius 2 is 1.69 bits per heavy atom. The van der Waals surface area contributed by atoms with Gasteiger partial charge in [0.1, 0.15) is 23.0 Å². The second-order valence-corrected chi connectivity index (χ2v) is 13.9. The van der Waals surface area contributed by atoms with Gasteiger partial charge in [-0.2, -0.15) is 0 Å². The van der Waals surface area contributed by atoms with E-state index >= 15 is 0 Å². The number of fused-ring (bicyclic) bond motifs is 3. The predicted molar refractivity (Wildman–Crippen MR) is 179 cm³/mol. The minimum atomic E-state index is -4.84. The van der Waals surface area contributed by atoms with Crippen LogP contribution in [-0.4, -0.2) is 48.3 Å². The van der Waals surface area contributed by atoms with Crippen molar-refractivity contribution in [3.63, 3.8) is 0 Å². The Morgan fingerprint density at radius 3 is 2.45 bits per heavy atom. The average Bonchev–Trinajstić information content (AvgIpc) is 3.88. The molecule has 0 spiro atoms. The number of nitrogens with zero attached hydrogens (tertiary/aromatic N) is 3. The number of methoxy groups -OCH3 is 1. The lowest BCUT2D eigenvalue weighted by molar-refractivity contribution is -0.274. The number of alkyl halides is 3. The molecule has 3 aromatic rings. The Hall–Kier alpha value is -3.60. The molecule has 0 amide bonds. The van der Waals surface area contributed by atoms with Crippen LogP contribution < -0.4 is 9.64 Å². The number of anilines is 1. The first kappa shape index (κ1) is 35.2. The molecule has 11 heteroatoms. The van der Waals surface area contributed by atoms with Crippen LogP contribution in [0.15, 0.2) is 47.1 Å². The largest absolute Gasteiger partial charge is 0.573 e. The molecule has 3 fully saturated rings. The fraction of sp³-hybridized carbons (Fsp3) is 0.605. The summed E-state index contributed by atoms with van der Waals surface area (Å²) in [7, 11) is 1.39. The fourth-order valence-corrected chi connectivity index (χ4v) is 7.61. The Labute approximate surface area is 286 Å². The zero-order valence-electron chi connectivity index (χ0n) is 28.4. The maximum Gasteiger partial charge on any atom is 0.573 e. The Bertz CT molecular complexity index is 1520. The number of hydrogen-bond donors (Lipinski definition) is 0. The lowest BCUT2D eigenvalue weighted by Crippen LogP contribution is -2.39. The SMILES string of the molecule is COC(=O)c1ccnc(N2CCCCCCCCCCC3CCC2CC(OCc2c(-c4ccccc4OC(F)(F)F)noc2C2CC2)C3)c1. The van der Waals surface area contributed by atoms with E-state index in [1.165, 1.54) is 57.8 Å². The van der Waals surface area contributed by atoms with E-state index in [0.717, 1.165) is 70.2 Å². The van der Waals surface area contributed by atoms with Crippen molar-refractivity contribution in [3.05, 3.63) is 59.5 Å². The minimum Gasteiger partial charge on any atom is -0.465 e. The molecule has 8 nitrogen and oxygen atoms in total. The van der Waals surface area contributed by atoms with Gasteiger partial charge < -0.3 is 23.6 Å². The molecule has 2 bridgehead atoms. The standard InChI is InChI=1S/C38H48F3N3O5/c1-46-37(45)28-19-20-42-34(23-28)44-21-11-7-5-3-2-4-6-8-12-26-15-18-29(44)24-30(22-26)47-25-32-35(43-49-36(32)27-16-17-27)31-13-9-10-14-33(31)48-38(39,40)41/h9-10,13-14,19-20,23,26-27,29-30H,2-8,11-12,15-18,21-22,24-25H2,1H3. The van der Waals surface area contributed by atoms with Gasteiger partial charge in [-0.05, 0) is 75.1 Å². The topological polar surface area (TPSA) is 86.9 Å². The first-order valence-electron chi connectivity index (χ1n) is 18.0. The van der Waals surface area contributed by atoms with Crippen LogP contribution in [0, 0.1) is 5.92 Å². The zero-order valence-corrected chi connectivity index (χ0v) is 28.4. The van der Waals surface area contributed by atoms with Gasteiger partial charge in [-0.3, -0.25) is 0 Å². The first-order chi connectivity index (χ1) is 23.8. The molecule has 2 aromatic heterocycles. The van der Waals surface area contributed by atoms with Gasteiger partial charge in [-0.15, -0.1) is 13.2 Å². The molecule has 266 valence electrons. The van der Waals surface area contributed by atoms with Crippen molar-refractivity contribution in [1.29, 1.82) is 0 Å². The number of carbonyl (C=O) groups excluding carboxylic acids is 1. The van der Waals surface area contributed by atoms with Crippen LogP contribution in [-0.2, 0) is 16.1 Å². The maximum absolute atomic E-state index is 13.3. The van der Waals surface area contributed by atoms with E-state index in [2.05, 4.69) is 14.8 Å². The third-order valence-electron chi connectivity index (χ3n) is 10.3. The Kier molecular flexibility index (Phi) is 11.8. The van der Waals surface area contributed by atoms with Crippen molar-refractivity contribution in [2.75, 3.05) is 18.6 Å². The molecule has 6 rings (SSSR count). The summed E-state index contributed by atoms with van der Waals surface area (Å²) in [6.45, 7) is 1.02. The summed E-state index contributed by atoms with van der Waals surface area (Å²) in [6, 6.07) is 9.74. The second kappa shape index (κ2) is 16.4. The number of esters is 1. The third kappa shape index (κ3) is 9.55. The second-order valence-electron chi connectivity index (χ2n) is 13.9. The number of ether oxygens (including phenoxy) is 3. The Balaban J connectivity index is 1.28. The van der Waals surface area contributed by atoms with Gasteiger partial charge >= 0.3 is 12.3 Å². The van der Waals surface area contributed by atoms with Gasteiger partial charge in [0.15, 0.2) is 0 Å². The molecule has 2 aliphatic carbocycles. The number of pyridine rings is 1. The van der Waals surface area contributed by atoms with Crippen molar-refractivity contribution in [2.45, 2.75) is 127 Å². The van der Waals surface area contributed by atoms with E-state index < -0.39 is 6.36 Å². The van der Waals surface area contributed by atoms with E-state index in [4.69, 9.17) is 19.0 Å². The summed E-state index contributed by atoms with van der Waals surface area (Å²) in [5, 5.41) is 4.29. The highest BCUT2D eigenvalue weighted by Gasteiger charge is 2.37. The van der Waals surface area contributed by atoms with Crippen molar-refractivity contribution < 1.29 is 36.7 Å². The molecular weight excluding hydrogens is 635 g/mol. The molecule has 3 heterocycles. The number of para-hydroxylation sites is 1. The number of benzene rings is 1. The fourth-order valence-electron chi connectivity index (χ4n) is 7.61. The smallest absolute Gasteiger partial charge is 0.465 e. The summed E-state index contributed by atoms with van der Waals surface area (Å²) in [5.74, 6) is 1.45. The Morgan fingerprint density at radius 1 is 0.939 bits per heavy atom. The van der Waals surface area contributed by atoms with Gasteiger partial charge in [0.25, 0.3) is 0 Å². The van der Waals surface area contributed by atoms with Crippen LogP contribution in [0.5, 0.6) is 5.75 Å². The number of hydrogen-bond acceptors (Lipinski definition) is 8. The van der Waals surface area contributed by atoms with Gasteiger partial charge in [0.05, 0.1) is 25.4 Å². The van der Waals surface area contributed by atoms with E-state index in [1.54, 1.807) is 24.4 Å². The number of halogens is 3. The average molecular weight is 684 g/mol. The maximum atomic E-state index is 13.3. The summed E-state index contributed by atoms with van der Waals surface area (Å²) in [4.78, 5) is 19.6. The summed E-state index contributed by atoms with van der Waals surface area (Å²) < 4.78 is 62.1. The lowest BCUT2D eigenvalue weighted by atomic mass is 9.92. The van der Waals surface area contributed by atoms with Crippen molar-refractivity contribution >= 4 is 11.8 Å². The van der Waals surface area contributed by atoms with E-state index in [-0.39, 0.29) is 42.0 Å². The van der Waals surface area contributed by atoms with Crippen LogP contribution in [0.3, 0.4) is 0 Å². The lowest BCUT2D eigenvalue weighted by Gasteiger charge is -2.34. The molecule has 2 saturated carbocycles. The normalized spacial score (nSPS) is 22.9. The van der Waals surface area contributed by atoms with Crippen molar-refractivity contribution in [3.8, 4) is 17.0 Å². The molecule has 49 heavy (non-hydrogen) atoms. The highest BCUT2D eigenvalue weighted by molar-refractivity contribution is 5.90. The van der Waals surface area contributed by atoms with Gasteiger partial charge in [-0.25, -0.2) is 9.78 Å². The van der Waals surface area contributed by atoms with Gasteiger partial charge in [0.2, 0.25) is 0 Å². The molecule has 1 aliphatic heterocycles.